The van der Waals surface area contributed by atoms with Gasteiger partial charge < -0.3 is 19.1 Å². The fraction of sp³-hybridized carbons (Fsp3) is 0.304. The Balaban J connectivity index is 1.97. The van der Waals surface area contributed by atoms with E-state index in [0.29, 0.717) is 21.9 Å². The molecule has 0 aliphatic rings. The molecule has 6 nitrogen and oxygen atoms in total. The summed E-state index contributed by atoms with van der Waals surface area (Å²) in [6.07, 6.45) is 1.62. The molecule has 0 bridgehead atoms. The molecular formula is C23H22F4N2O4S. The summed E-state index contributed by atoms with van der Waals surface area (Å²) in [5.74, 6) is -1.55. The van der Waals surface area contributed by atoms with Gasteiger partial charge in [-0.1, -0.05) is 0 Å². The van der Waals surface area contributed by atoms with E-state index in [1.807, 2.05) is 0 Å². The van der Waals surface area contributed by atoms with Crippen molar-refractivity contribution in [2.24, 2.45) is 0 Å². The van der Waals surface area contributed by atoms with Gasteiger partial charge in [-0.2, -0.15) is 17.6 Å². The lowest BCUT2D eigenvalue weighted by Crippen LogP contribution is -2.24. The standard InChI is InChI=1S/C23H22F4N2O4S/c1-23(2,3)33-20(30)14-4-6-15(7-5-14)29(13-19-28-10-11-34-19)16-8-9-17(31-21(24)25)18(12-16)32-22(26)27/h4-12,21-22H,13H2,1-3H3. The highest BCUT2D eigenvalue weighted by atomic mass is 32.1. The normalized spacial score (nSPS) is 11.6. The summed E-state index contributed by atoms with van der Waals surface area (Å²) in [5, 5.41) is 2.49. The van der Waals surface area contributed by atoms with Crippen LogP contribution in [0.1, 0.15) is 36.1 Å². The van der Waals surface area contributed by atoms with Gasteiger partial charge in [-0.25, -0.2) is 9.78 Å². The summed E-state index contributed by atoms with van der Waals surface area (Å²) in [7, 11) is 0. The van der Waals surface area contributed by atoms with Gasteiger partial charge in [-0.15, -0.1) is 11.3 Å². The maximum Gasteiger partial charge on any atom is 0.387 e. The topological polar surface area (TPSA) is 60.9 Å². The van der Waals surface area contributed by atoms with E-state index in [0.717, 1.165) is 6.07 Å². The van der Waals surface area contributed by atoms with Crippen LogP contribution in [0.3, 0.4) is 0 Å². The zero-order chi connectivity index (χ0) is 24.9. The van der Waals surface area contributed by atoms with Crippen LogP contribution in [0.15, 0.2) is 54.0 Å². The molecule has 0 fully saturated rings. The molecule has 0 radical (unpaired) electrons. The van der Waals surface area contributed by atoms with Crippen molar-refractivity contribution in [3.8, 4) is 11.5 Å². The number of hydrogen-bond donors (Lipinski definition) is 0. The molecule has 0 saturated carbocycles. The van der Waals surface area contributed by atoms with Gasteiger partial charge in [0.2, 0.25) is 0 Å². The predicted molar refractivity (Wildman–Crippen MR) is 119 cm³/mol. The Kier molecular flexibility index (Phi) is 7.98. The van der Waals surface area contributed by atoms with Crippen molar-refractivity contribution in [1.82, 2.24) is 4.98 Å². The van der Waals surface area contributed by atoms with E-state index < -0.39 is 36.3 Å². The van der Waals surface area contributed by atoms with E-state index in [1.165, 1.54) is 23.5 Å². The average Bonchev–Trinajstić information content (AvgIpc) is 3.25. The molecule has 0 spiro atoms. The van der Waals surface area contributed by atoms with Crippen LogP contribution in [0.2, 0.25) is 0 Å². The van der Waals surface area contributed by atoms with Gasteiger partial charge in [0.05, 0.1) is 12.1 Å². The minimum atomic E-state index is -3.24. The second-order valence-corrected chi connectivity index (χ2v) is 8.93. The smallest absolute Gasteiger partial charge is 0.387 e. The number of hydrogen-bond acceptors (Lipinski definition) is 7. The molecule has 2 aromatic carbocycles. The Morgan fingerprint density at radius 1 is 0.971 bits per heavy atom. The first-order valence-electron chi connectivity index (χ1n) is 10.0. The summed E-state index contributed by atoms with van der Waals surface area (Å²) < 4.78 is 65.3. The molecule has 3 aromatic rings. The zero-order valence-corrected chi connectivity index (χ0v) is 19.3. The minimum Gasteiger partial charge on any atom is -0.456 e. The molecule has 11 heteroatoms. The number of carbonyl (C=O) groups excluding carboxylic acids is 1. The van der Waals surface area contributed by atoms with Gasteiger partial charge in [0, 0.05) is 29.0 Å². The number of benzene rings is 2. The van der Waals surface area contributed by atoms with Gasteiger partial charge >= 0.3 is 19.2 Å². The summed E-state index contributed by atoms with van der Waals surface area (Å²) in [5.41, 5.74) is 0.622. The number of aromatic nitrogens is 1. The van der Waals surface area contributed by atoms with E-state index in [1.54, 1.807) is 61.5 Å². The Labute approximate surface area is 197 Å². The fourth-order valence-electron chi connectivity index (χ4n) is 2.96. The summed E-state index contributed by atoms with van der Waals surface area (Å²) in [6.45, 7) is -0.930. The van der Waals surface area contributed by atoms with Crippen molar-refractivity contribution in [2.75, 3.05) is 4.90 Å². The molecule has 3 rings (SSSR count). The number of rotatable bonds is 9. The number of esters is 1. The first-order chi connectivity index (χ1) is 16.0. The van der Waals surface area contributed by atoms with Gasteiger partial charge in [0.25, 0.3) is 0 Å². The van der Waals surface area contributed by atoms with Crippen LogP contribution >= 0.6 is 11.3 Å². The van der Waals surface area contributed by atoms with Crippen molar-refractivity contribution >= 4 is 28.7 Å². The van der Waals surface area contributed by atoms with Crippen LogP contribution < -0.4 is 14.4 Å². The molecule has 0 atom stereocenters. The Morgan fingerprint density at radius 2 is 1.59 bits per heavy atom. The van der Waals surface area contributed by atoms with Crippen molar-refractivity contribution in [3.05, 3.63) is 64.6 Å². The quantitative estimate of drug-likeness (QED) is 0.244. The average molecular weight is 498 g/mol. The van der Waals surface area contributed by atoms with Gasteiger partial charge in [0.1, 0.15) is 10.6 Å². The molecule has 1 heterocycles. The SMILES string of the molecule is CC(C)(C)OC(=O)c1ccc(N(Cc2nccs2)c2ccc(OC(F)F)c(OC(F)F)c2)cc1. The number of anilines is 2. The van der Waals surface area contributed by atoms with E-state index in [9.17, 15) is 22.4 Å². The number of carbonyl (C=O) groups is 1. The largest absolute Gasteiger partial charge is 0.456 e. The van der Waals surface area contributed by atoms with Crippen molar-refractivity contribution < 1.29 is 36.6 Å². The molecular weight excluding hydrogens is 476 g/mol. The monoisotopic (exact) mass is 498 g/mol. The molecule has 1 aromatic heterocycles. The molecule has 0 saturated heterocycles. The number of ether oxygens (including phenoxy) is 3. The number of alkyl halides is 4. The third-order valence-electron chi connectivity index (χ3n) is 4.26. The van der Waals surface area contributed by atoms with Crippen LogP contribution in [0.4, 0.5) is 28.9 Å². The third kappa shape index (κ3) is 7.08. The molecule has 34 heavy (non-hydrogen) atoms. The lowest BCUT2D eigenvalue weighted by Gasteiger charge is -2.25. The summed E-state index contributed by atoms with van der Waals surface area (Å²) in [4.78, 5) is 18.3. The van der Waals surface area contributed by atoms with E-state index in [4.69, 9.17) is 4.74 Å². The summed E-state index contributed by atoms with van der Waals surface area (Å²) >= 11 is 1.38. The lowest BCUT2D eigenvalue weighted by atomic mass is 10.1. The van der Waals surface area contributed by atoms with Crippen LogP contribution in [-0.2, 0) is 11.3 Å². The highest BCUT2D eigenvalue weighted by molar-refractivity contribution is 7.09. The second kappa shape index (κ2) is 10.7. The number of thiazole rings is 1. The van der Waals surface area contributed by atoms with E-state index in [2.05, 4.69) is 14.5 Å². The fourth-order valence-corrected chi connectivity index (χ4v) is 3.56. The van der Waals surface area contributed by atoms with Crippen molar-refractivity contribution in [1.29, 1.82) is 0 Å². The maximum atomic E-state index is 12.9. The van der Waals surface area contributed by atoms with Crippen LogP contribution in [0.5, 0.6) is 11.5 Å². The molecule has 0 N–H and O–H groups in total. The van der Waals surface area contributed by atoms with Gasteiger partial charge in [-0.3, -0.25) is 0 Å². The van der Waals surface area contributed by atoms with Crippen LogP contribution in [-0.4, -0.2) is 29.8 Å². The van der Waals surface area contributed by atoms with Gasteiger partial charge in [-0.05, 0) is 57.2 Å². The Hall–Kier alpha value is -3.34. The zero-order valence-electron chi connectivity index (χ0n) is 18.5. The second-order valence-electron chi connectivity index (χ2n) is 7.95. The first-order valence-corrected chi connectivity index (χ1v) is 10.9. The number of halogens is 4. The highest BCUT2D eigenvalue weighted by Crippen LogP contribution is 2.37. The minimum absolute atomic E-state index is 0.243. The number of nitrogens with zero attached hydrogens (tertiary/aromatic N) is 2. The summed E-state index contributed by atoms with van der Waals surface area (Å²) in [6, 6.07) is 10.2. The van der Waals surface area contributed by atoms with Crippen molar-refractivity contribution in [3.63, 3.8) is 0 Å². The molecule has 0 aliphatic heterocycles. The Bertz CT molecular complexity index is 1090. The molecule has 0 aliphatic carbocycles. The maximum absolute atomic E-state index is 12.9. The third-order valence-corrected chi connectivity index (χ3v) is 5.03. The van der Waals surface area contributed by atoms with Crippen LogP contribution in [0.25, 0.3) is 0 Å². The molecule has 182 valence electrons. The highest BCUT2D eigenvalue weighted by Gasteiger charge is 2.21. The van der Waals surface area contributed by atoms with E-state index in [-0.39, 0.29) is 6.54 Å². The van der Waals surface area contributed by atoms with Gasteiger partial charge in [0.15, 0.2) is 11.5 Å². The van der Waals surface area contributed by atoms with Crippen LogP contribution in [0, 0.1) is 0 Å². The van der Waals surface area contributed by atoms with E-state index >= 15 is 0 Å². The molecule has 0 unspecified atom stereocenters. The predicted octanol–water partition coefficient (Wildman–Crippen LogP) is 6.64. The first kappa shape index (κ1) is 25.3. The lowest BCUT2D eigenvalue weighted by molar-refractivity contribution is -0.0692. The Morgan fingerprint density at radius 3 is 2.15 bits per heavy atom. The van der Waals surface area contributed by atoms with Crippen molar-refractivity contribution in [2.45, 2.75) is 46.1 Å². The molecule has 0 amide bonds.